The molecule has 39 heavy (non-hydrogen) atoms. The van der Waals surface area contributed by atoms with Crippen LogP contribution in [0.3, 0.4) is 0 Å². The van der Waals surface area contributed by atoms with E-state index in [1.54, 1.807) is 13.1 Å². The molecule has 2 aliphatic heterocycles. The van der Waals surface area contributed by atoms with E-state index in [4.69, 9.17) is 10.5 Å². The second kappa shape index (κ2) is 12.4. The van der Waals surface area contributed by atoms with Gasteiger partial charge in [0.15, 0.2) is 0 Å². The van der Waals surface area contributed by atoms with Gasteiger partial charge in [-0.3, -0.25) is 4.79 Å². The number of methoxy groups -OCH3 is 1. The minimum atomic E-state index is -2.64. The standard InChI is InChI=1S/C26H28F2N6O2S.C2H6/c1-34-14-21(36-2)18(12-20(34)23(27)28)17-11-16(7-8-26(29)9-10-26)30-13-19(17)24(35)31-25-33-32-22(37-25)6-5-15-3-4-15;1-2/h11-15,20,22-23,25,32-33H,3-4,9-10,29H2,1-2H3,(H,31,35);1-2H3. The fraction of sp³-hybridized carbons (Fsp3) is 0.500. The van der Waals surface area contributed by atoms with Crippen LogP contribution in [-0.4, -0.2) is 58.8 Å². The molecule has 2 aliphatic carbocycles. The molecule has 11 heteroatoms. The van der Waals surface area contributed by atoms with Gasteiger partial charge in [-0.2, -0.15) is 0 Å². The molecule has 0 bridgehead atoms. The lowest BCUT2D eigenvalue weighted by molar-refractivity contribution is 0.0780. The van der Waals surface area contributed by atoms with Crippen LogP contribution in [0.5, 0.6) is 0 Å². The number of nitrogens with one attached hydrogen (secondary N) is 3. The van der Waals surface area contributed by atoms with Crippen LogP contribution < -0.4 is 21.9 Å². The van der Waals surface area contributed by atoms with E-state index in [1.165, 1.54) is 42.2 Å². The Morgan fingerprint density at radius 1 is 1.31 bits per heavy atom. The van der Waals surface area contributed by atoms with Crippen LogP contribution in [0.2, 0.25) is 0 Å². The first-order valence-corrected chi connectivity index (χ1v) is 14.0. The molecule has 0 radical (unpaired) electrons. The Labute approximate surface area is 232 Å². The first-order chi connectivity index (χ1) is 18.7. The molecule has 1 amide bonds. The van der Waals surface area contributed by atoms with Crippen molar-refractivity contribution < 1.29 is 18.3 Å². The van der Waals surface area contributed by atoms with E-state index in [0.29, 0.717) is 28.5 Å². The zero-order chi connectivity index (χ0) is 28.2. The average Bonchev–Trinajstić information content (AvgIpc) is 3.86. The number of hydrazine groups is 1. The van der Waals surface area contributed by atoms with Gasteiger partial charge in [0.1, 0.15) is 28.4 Å². The molecule has 1 saturated heterocycles. The van der Waals surface area contributed by atoms with Crippen molar-refractivity contribution in [3.8, 4) is 23.7 Å². The number of nitrogens with two attached hydrogens (primary N) is 1. The highest BCUT2D eigenvalue weighted by Gasteiger charge is 2.36. The van der Waals surface area contributed by atoms with Crippen LogP contribution in [0.15, 0.2) is 30.3 Å². The highest BCUT2D eigenvalue weighted by molar-refractivity contribution is 8.00. The second-order valence-corrected chi connectivity index (χ2v) is 10.7. The Balaban J connectivity index is 0.00000172. The summed E-state index contributed by atoms with van der Waals surface area (Å²) in [5.74, 6) is 12.8. The second-order valence-electron chi connectivity index (χ2n) is 9.51. The van der Waals surface area contributed by atoms with Crippen LogP contribution >= 0.6 is 11.8 Å². The number of rotatable bonds is 5. The van der Waals surface area contributed by atoms with Crippen molar-refractivity contribution >= 4 is 23.2 Å². The quantitative estimate of drug-likeness (QED) is 0.411. The Hall–Kier alpha value is -3.09. The molecular formula is C28H34F2N6O2S. The Kier molecular flexibility index (Phi) is 9.19. The fourth-order valence-electron chi connectivity index (χ4n) is 3.84. The summed E-state index contributed by atoms with van der Waals surface area (Å²) in [7, 11) is 3.01. The molecule has 1 aromatic rings. The summed E-state index contributed by atoms with van der Waals surface area (Å²) < 4.78 is 33.1. The van der Waals surface area contributed by atoms with E-state index in [2.05, 4.69) is 44.8 Å². The summed E-state index contributed by atoms with van der Waals surface area (Å²) in [4.78, 5) is 19.1. The highest BCUT2D eigenvalue weighted by atomic mass is 32.2. The number of thioether (sulfide) groups is 1. The van der Waals surface area contributed by atoms with Gasteiger partial charge >= 0.3 is 0 Å². The van der Waals surface area contributed by atoms with Gasteiger partial charge in [0.25, 0.3) is 12.3 Å². The van der Waals surface area contributed by atoms with E-state index in [0.717, 1.165) is 25.7 Å². The monoisotopic (exact) mass is 556 g/mol. The van der Waals surface area contributed by atoms with Gasteiger partial charge in [-0.05, 0) is 43.7 Å². The number of pyridine rings is 1. The molecule has 8 nitrogen and oxygen atoms in total. The summed E-state index contributed by atoms with van der Waals surface area (Å²) in [6.45, 7) is 4.00. The van der Waals surface area contributed by atoms with Crippen molar-refractivity contribution in [3.05, 3.63) is 47.1 Å². The number of nitrogens with zero attached hydrogens (tertiary/aromatic N) is 2. The molecule has 5 N–H and O–H groups in total. The fourth-order valence-corrected chi connectivity index (χ4v) is 4.69. The number of hydrogen-bond acceptors (Lipinski definition) is 8. The van der Waals surface area contributed by atoms with E-state index in [1.807, 2.05) is 13.8 Å². The number of likely N-dealkylation sites (N-methyl/N-ethyl adjacent to an activating group) is 1. The summed E-state index contributed by atoms with van der Waals surface area (Å²) >= 11 is 1.43. The Bertz CT molecular complexity index is 1270. The van der Waals surface area contributed by atoms with Crippen LogP contribution in [0.1, 0.15) is 61.1 Å². The molecule has 0 spiro atoms. The number of carbonyl (C=O) groups excluding carboxylic acids is 1. The normalized spacial score (nSPS) is 24.6. The lowest BCUT2D eigenvalue weighted by Crippen LogP contribution is -2.43. The van der Waals surface area contributed by atoms with Gasteiger partial charge < -0.3 is 20.7 Å². The van der Waals surface area contributed by atoms with Gasteiger partial charge in [0.05, 0.1) is 18.2 Å². The average molecular weight is 557 g/mol. The molecule has 0 aromatic carbocycles. The minimum absolute atomic E-state index is 0.154. The topological polar surface area (TPSA) is 105 Å². The van der Waals surface area contributed by atoms with Gasteiger partial charge in [-0.15, -0.1) is 0 Å². The van der Waals surface area contributed by atoms with Crippen molar-refractivity contribution in [2.45, 2.75) is 68.4 Å². The van der Waals surface area contributed by atoms with Crippen LogP contribution in [0.4, 0.5) is 8.78 Å². The van der Waals surface area contributed by atoms with Crippen molar-refractivity contribution in [1.29, 1.82) is 0 Å². The molecule has 208 valence electrons. The number of ether oxygens (including phenoxy) is 1. The molecule has 3 heterocycles. The number of aromatic nitrogens is 1. The summed E-state index contributed by atoms with van der Waals surface area (Å²) in [5, 5.41) is 2.76. The first-order valence-electron chi connectivity index (χ1n) is 13.0. The summed E-state index contributed by atoms with van der Waals surface area (Å²) in [6.07, 6.45) is 5.57. The maximum absolute atomic E-state index is 13.8. The van der Waals surface area contributed by atoms with Crippen LogP contribution in [0.25, 0.3) is 5.57 Å². The predicted molar refractivity (Wildman–Crippen MR) is 149 cm³/mol. The van der Waals surface area contributed by atoms with E-state index < -0.39 is 29.4 Å². The SMILES string of the molecule is CC.COC1=CN(C)C(C(F)F)C=C1c1cc(C#CC2(N)CC2)ncc1C(=O)NC1NNC(C#CC2CC2)S1. The molecule has 3 fully saturated rings. The molecule has 3 atom stereocenters. The number of amides is 1. The third-order valence-electron chi connectivity index (χ3n) is 6.41. The predicted octanol–water partition coefficient (Wildman–Crippen LogP) is 2.99. The number of halogens is 2. The maximum Gasteiger partial charge on any atom is 0.262 e. The van der Waals surface area contributed by atoms with Gasteiger partial charge in [-0.1, -0.05) is 43.4 Å². The zero-order valence-corrected chi connectivity index (χ0v) is 23.3. The number of allylic oxidation sites excluding steroid dienone is 1. The molecule has 5 rings (SSSR count). The lowest BCUT2D eigenvalue weighted by Gasteiger charge is -2.30. The van der Waals surface area contributed by atoms with Crippen molar-refractivity contribution in [1.82, 2.24) is 26.1 Å². The number of hydrogen-bond donors (Lipinski definition) is 4. The van der Waals surface area contributed by atoms with Crippen molar-refractivity contribution in [2.24, 2.45) is 11.7 Å². The van der Waals surface area contributed by atoms with Crippen LogP contribution in [0, 0.1) is 29.6 Å². The first kappa shape index (κ1) is 28.9. The van der Waals surface area contributed by atoms with Crippen molar-refractivity contribution in [2.75, 3.05) is 14.2 Å². The van der Waals surface area contributed by atoms with Gasteiger partial charge in [-0.25, -0.2) is 24.6 Å². The largest absolute Gasteiger partial charge is 0.495 e. The number of alkyl halides is 2. The lowest BCUT2D eigenvalue weighted by atomic mass is 9.94. The van der Waals surface area contributed by atoms with Gasteiger partial charge in [0.2, 0.25) is 0 Å². The minimum Gasteiger partial charge on any atom is -0.495 e. The summed E-state index contributed by atoms with van der Waals surface area (Å²) in [5.41, 5.74) is 12.6. The maximum atomic E-state index is 13.8. The Morgan fingerprint density at radius 3 is 2.69 bits per heavy atom. The van der Waals surface area contributed by atoms with E-state index >= 15 is 0 Å². The third-order valence-corrected chi connectivity index (χ3v) is 7.43. The zero-order valence-electron chi connectivity index (χ0n) is 22.5. The van der Waals surface area contributed by atoms with Crippen LogP contribution in [-0.2, 0) is 4.74 Å². The third kappa shape index (κ3) is 7.31. The smallest absolute Gasteiger partial charge is 0.262 e. The Morgan fingerprint density at radius 2 is 2.05 bits per heavy atom. The molecule has 3 unspecified atom stereocenters. The van der Waals surface area contributed by atoms with E-state index in [9.17, 15) is 13.6 Å². The number of carbonyl (C=O) groups is 1. The molecule has 2 saturated carbocycles. The van der Waals surface area contributed by atoms with Crippen molar-refractivity contribution in [3.63, 3.8) is 0 Å². The molecule has 1 aromatic heterocycles. The van der Waals surface area contributed by atoms with Gasteiger partial charge in [0, 0.05) is 36.5 Å². The van der Waals surface area contributed by atoms with E-state index in [-0.39, 0.29) is 10.9 Å². The highest BCUT2D eigenvalue weighted by Crippen LogP contribution is 2.34. The molecular weight excluding hydrogens is 522 g/mol. The summed E-state index contributed by atoms with van der Waals surface area (Å²) in [6, 6.07) is 0.436. The molecule has 4 aliphatic rings.